The molecule has 0 fully saturated rings. The van der Waals surface area contributed by atoms with Crippen LogP contribution in [0.4, 0.5) is 25.8 Å². The van der Waals surface area contributed by atoms with Gasteiger partial charge in [0.1, 0.15) is 5.69 Å². The summed E-state index contributed by atoms with van der Waals surface area (Å²) in [6.45, 7) is 8.02. The first-order valence-corrected chi connectivity index (χ1v) is 8.97. The predicted molar refractivity (Wildman–Crippen MR) is 112 cm³/mol. The third-order valence-electron chi connectivity index (χ3n) is 4.38. The van der Waals surface area contributed by atoms with Crippen molar-refractivity contribution in [3.05, 3.63) is 84.5 Å². The van der Waals surface area contributed by atoms with Crippen molar-refractivity contribution in [2.45, 2.75) is 12.8 Å². The predicted octanol–water partition coefficient (Wildman–Crippen LogP) is 5.76. The van der Waals surface area contributed by atoms with Gasteiger partial charge in [-0.15, -0.1) is 0 Å². The van der Waals surface area contributed by atoms with Crippen molar-refractivity contribution >= 4 is 29.2 Å². The molecule has 3 aromatic rings. The van der Waals surface area contributed by atoms with Gasteiger partial charge in [0.25, 0.3) is 0 Å². The highest BCUT2D eigenvalue weighted by Crippen LogP contribution is 2.26. The van der Waals surface area contributed by atoms with Gasteiger partial charge >= 0.3 is 0 Å². The number of H-pyrrole nitrogens is 1. The molecule has 0 aliphatic rings. The molecule has 3 rings (SSSR count). The number of pyridine rings is 1. The number of halogens is 2. The summed E-state index contributed by atoms with van der Waals surface area (Å²) in [6.07, 6.45) is 10.1. The molecule has 4 nitrogen and oxygen atoms in total. The van der Waals surface area contributed by atoms with Crippen molar-refractivity contribution in [1.82, 2.24) is 9.97 Å². The SMILES string of the molecule is C=Cc1[nH]cc(CCCNc2c(F)cc(Nc3ccncc3)cc2F)c1C=C. The van der Waals surface area contributed by atoms with Crippen molar-refractivity contribution in [3.8, 4) is 0 Å². The Labute approximate surface area is 163 Å². The molecule has 0 spiro atoms. The van der Waals surface area contributed by atoms with Crippen LogP contribution in [0, 0.1) is 11.6 Å². The van der Waals surface area contributed by atoms with Crippen molar-refractivity contribution in [2.75, 3.05) is 17.2 Å². The first-order valence-electron chi connectivity index (χ1n) is 8.97. The van der Waals surface area contributed by atoms with Crippen LogP contribution in [0.25, 0.3) is 12.2 Å². The molecule has 0 saturated heterocycles. The minimum absolute atomic E-state index is 0.120. The summed E-state index contributed by atoms with van der Waals surface area (Å²) in [5, 5.41) is 5.81. The largest absolute Gasteiger partial charge is 0.380 e. The van der Waals surface area contributed by atoms with Gasteiger partial charge in [-0.05, 0) is 48.7 Å². The van der Waals surface area contributed by atoms with E-state index < -0.39 is 11.6 Å². The molecule has 0 amide bonds. The molecule has 1 aromatic carbocycles. The van der Waals surface area contributed by atoms with Gasteiger partial charge in [-0.25, -0.2) is 8.78 Å². The quantitative estimate of drug-likeness (QED) is 0.414. The first-order chi connectivity index (χ1) is 13.6. The number of aromatic amines is 1. The van der Waals surface area contributed by atoms with Crippen LogP contribution in [0.3, 0.4) is 0 Å². The maximum Gasteiger partial charge on any atom is 0.151 e. The zero-order valence-corrected chi connectivity index (χ0v) is 15.4. The van der Waals surface area contributed by atoms with Gasteiger partial charge in [-0.2, -0.15) is 0 Å². The fraction of sp³-hybridized carbons (Fsp3) is 0.136. The Kier molecular flexibility index (Phi) is 6.22. The van der Waals surface area contributed by atoms with Crippen molar-refractivity contribution < 1.29 is 8.78 Å². The lowest BCUT2D eigenvalue weighted by Gasteiger charge is -2.12. The zero-order valence-electron chi connectivity index (χ0n) is 15.4. The standard InChI is InChI=1S/C22H22F2N4/c1-3-18-15(14-27-21(18)4-2)6-5-9-26-22-19(23)12-17(13-20(22)24)28-16-7-10-25-11-8-16/h3-4,7-8,10-14,26-27H,1-2,5-6,9H2,(H,25,28). The highest BCUT2D eigenvalue weighted by Gasteiger charge is 2.12. The van der Waals surface area contributed by atoms with Crippen LogP contribution in [0.2, 0.25) is 0 Å². The van der Waals surface area contributed by atoms with E-state index in [0.29, 0.717) is 24.3 Å². The summed E-state index contributed by atoms with van der Waals surface area (Å²) in [5.74, 6) is -1.28. The van der Waals surface area contributed by atoms with Gasteiger partial charge in [-0.3, -0.25) is 4.98 Å². The molecule has 2 heterocycles. The Balaban J connectivity index is 1.59. The van der Waals surface area contributed by atoms with E-state index in [-0.39, 0.29) is 5.69 Å². The lowest BCUT2D eigenvalue weighted by molar-refractivity contribution is 0.588. The van der Waals surface area contributed by atoms with E-state index in [0.717, 1.165) is 23.2 Å². The molecule has 0 bridgehead atoms. The van der Waals surface area contributed by atoms with Crippen LogP contribution in [0.1, 0.15) is 23.2 Å². The normalized spacial score (nSPS) is 10.5. The van der Waals surface area contributed by atoms with E-state index in [1.165, 1.54) is 12.1 Å². The van der Waals surface area contributed by atoms with Crippen LogP contribution >= 0.6 is 0 Å². The number of hydrogen-bond acceptors (Lipinski definition) is 3. The average molecular weight is 380 g/mol. The van der Waals surface area contributed by atoms with Crippen LogP contribution in [0.15, 0.2) is 56.0 Å². The Morgan fingerprint density at radius 3 is 2.39 bits per heavy atom. The number of aryl methyl sites for hydroxylation is 1. The summed E-state index contributed by atoms with van der Waals surface area (Å²) in [4.78, 5) is 7.04. The summed E-state index contributed by atoms with van der Waals surface area (Å²) in [6, 6.07) is 5.98. The average Bonchev–Trinajstić information content (AvgIpc) is 3.09. The molecule has 3 N–H and O–H groups in total. The highest BCUT2D eigenvalue weighted by molar-refractivity contribution is 5.65. The number of rotatable bonds is 9. The minimum atomic E-state index is -0.640. The monoisotopic (exact) mass is 380 g/mol. The minimum Gasteiger partial charge on any atom is -0.380 e. The molecule has 0 aliphatic heterocycles. The van der Waals surface area contributed by atoms with E-state index in [1.54, 1.807) is 36.7 Å². The van der Waals surface area contributed by atoms with Crippen LogP contribution in [-0.2, 0) is 6.42 Å². The molecule has 144 valence electrons. The smallest absolute Gasteiger partial charge is 0.151 e. The van der Waals surface area contributed by atoms with Crippen LogP contribution in [0.5, 0.6) is 0 Å². The number of nitrogens with one attached hydrogen (secondary N) is 3. The molecule has 0 atom stereocenters. The fourth-order valence-electron chi connectivity index (χ4n) is 3.02. The van der Waals surface area contributed by atoms with E-state index in [1.807, 2.05) is 6.20 Å². The van der Waals surface area contributed by atoms with Gasteiger partial charge < -0.3 is 15.6 Å². The molecule has 0 unspecified atom stereocenters. The molecule has 28 heavy (non-hydrogen) atoms. The molecule has 0 radical (unpaired) electrons. The van der Waals surface area contributed by atoms with Gasteiger partial charge in [0.2, 0.25) is 0 Å². The molecule has 2 aromatic heterocycles. The van der Waals surface area contributed by atoms with Gasteiger partial charge in [-0.1, -0.05) is 19.2 Å². The lowest BCUT2D eigenvalue weighted by Crippen LogP contribution is -2.07. The van der Waals surface area contributed by atoms with Gasteiger partial charge in [0, 0.05) is 47.8 Å². The molecular formula is C22H22F2N4. The maximum atomic E-state index is 14.3. The maximum absolute atomic E-state index is 14.3. The van der Waals surface area contributed by atoms with Crippen molar-refractivity contribution in [3.63, 3.8) is 0 Å². The first kappa shape index (κ1) is 19.4. The fourth-order valence-corrected chi connectivity index (χ4v) is 3.02. The summed E-state index contributed by atoms with van der Waals surface area (Å²) >= 11 is 0. The Morgan fingerprint density at radius 1 is 1.04 bits per heavy atom. The Bertz CT molecular complexity index is 941. The third-order valence-corrected chi connectivity index (χ3v) is 4.38. The highest BCUT2D eigenvalue weighted by atomic mass is 19.1. The van der Waals surface area contributed by atoms with Gasteiger partial charge in [0.05, 0.1) is 0 Å². The van der Waals surface area contributed by atoms with Crippen molar-refractivity contribution in [2.24, 2.45) is 0 Å². The Hall–Kier alpha value is -3.41. The van der Waals surface area contributed by atoms with E-state index in [9.17, 15) is 8.78 Å². The Morgan fingerprint density at radius 2 is 1.75 bits per heavy atom. The van der Waals surface area contributed by atoms with E-state index >= 15 is 0 Å². The number of nitrogens with zero attached hydrogens (tertiary/aromatic N) is 1. The number of aromatic nitrogens is 2. The van der Waals surface area contributed by atoms with Crippen molar-refractivity contribution in [1.29, 1.82) is 0 Å². The second-order valence-electron chi connectivity index (χ2n) is 6.26. The zero-order chi connectivity index (χ0) is 19.9. The van der Waals surface area contributed by atoms with E-state index in [2.05, 4.69) is 33.8 Å². The van der Waals surface area contributed by atoms with Gasteiger partial charge in [0.15, 0.2) is 11.6 Å². The van der Waals surface area contributed by atoms with Crippen LogP contribution in [-0.4, -0.2) is 16.5 Å². The molecule has 0 aliphatic carbocycles. The molecule has 0 saturated carbocycles. The molecular weight excluding hydrogens is 358 g/mol. The summed E-state index contributed by atoms with van der Waals surface area (Å²) in [7, 11) is 0. The number of anilines is 3. The van der Waals surface area contributed by atoms with E-state index in [4.69, 9.17) is 0 Å². The second-order valence-corrected chi connectivity index (χ2v) is 6.26. The summed E-state index contributed by atoms with van der Waals surface area (Å²) in [5.41, 5.74) is 3.96. The third kappa shape index (κ3) is 4.46. The summed E-state index contributed by atoms with van der Waals surface area (Å²) < 4.78 is 28.7. The topological polar surface area (TPSA) is 52.7 Å². The second kappa shape index (κ2) is 8.99. The molecule has 6 heteroatoms. The number of benzene rings is 1. The lowest BCUT2D eigenvalue weighted by atomic mass is 10.1. The van der Waals surface area contributed by atoms with Crippen LogP contribution < -0.4 is 10.6 Å². The number of hydrogen-bond donors (Lipinski definition) is 3.